The zero-order chi connectivity index (χ0) is 20.9. The maximum Gasteiger partial charge on any atom is 0.223 e. The van der Waals surface area contributed by atoms with Gasteiger partial charge in [-0.25, -0.2) is 13.1 Å². The number of sulfone groups is 1. The molecule has 8 heteroatoms. The molecule has 1 fully saturated rings. The molecule has 1 saturated heterocycles. The quantitative estimate of drug-likeness (QED) is 0.620. The summed E-state index contributed by atoms with van der Waals surface area (Å²) in [6.45, 7) is 1.47. The molecule has 7 nitrogen and oxygen atoms in total. The Balaban J connectivity index is 1.61. The lowest BCUT2D eigenvalue weighted by Gasteiger charge is -2.29. The Hall–Kier alpha value is -2.19. The second kappa shape index (κ2) is 9.54. The molecular weight excluding hydrogens is 388 g/mol. The maximum absolute atomic E-state index is 13.0. The second-order valence-corrected chi connectivity index (χ2v) is 10.2. The molecule has 158 valence electrons. The normalized spacial score (nSPS) is 18.2. The minimum Gasteiger partial charge on any atom is -0.339 e. The van der Waals surface area contributed by atoms with E-state index < -0.39 is 9.84 Å². The summed E-state index contributed by atoms with van der Waals surface area (Å²) in [5.74, 6) is 0.296. The zero-order valence-electron chi connectivity index (χ0n) is 17.2. The minimum absolute atomic E-state index is 0.0262. The van der Waals surface area contributed by atoms with E-state index in [-0.39, 0.29) is 23.5 Å². The predicted molar refractivity (Wildman–Crippen MR) is 114 cm³/mol. The fraction of sp³-hybridized carbons (Fsp3) is 0.524. The van der Waals surface area contributed by atoms with E-state index in [9.17, 15) is 13.2 Å². The summed E-state index contributed by atoms with van der Waals surface area (Å²) < 4.78 is 25.6. The van der Waals surface area contributed by atoms with Crippen molar-refractivity contribution in [2.45, 2.75) is 31.7 Å². The van der Waals surface area contributed by atoms with Crippen LogP contribution in [0, 0.1) is 0 Å². The molecule has 29 heavy (non-hydrogen) atoms. The fourth-order valence-electron chi connectivity index (χ4n) is 3.70. The molecule has 1 atom stereocenters. The molecule has 0 radical (unpaired) electrons. The van der Waals surface area contributed by atoms with Gasteiger partial charge in [-0.05, 0) is 57.6 Å². The van der Waals surface area contributed by atoms with Crippen molar-refractivity contribution < 1.29 is 13.2 Å². The number of carbonyl (C=O) groups is 1. The van der Waals surface area contributed by atoms with Gasteiger partial charge in [0.2, 0.25) is 5.91 Å². The van der Waals surface area contributed by atoms with E-state index >= 15 is 0 Å². The lowest BCUT2D eigenvalue weighted by atomic mass is 10.1. The lowest BCUT2D eigenvalue weighted by molar-refractivity contribution is -0.133. The molecule has 1 aromatic heterocycles. The van der Waals surface area contributed by atoms with Gasteiger partial charge in [-0.15, -0.1) is 0 Å². The summed E-state index contributed by atoms with van der Waals surface area (Å²) in [4.78, 5) is 16.8. The molecular formula is C21H30N4O3S. The van der Waals surface area contributed by atoms with Crippen molar-refractivity contribution in [2.24, 2.45) is 0 Å². The molecule has 1 amide bonds. The first-order valence-corrected chi connectivity index (χ1v) is 11.9. The summed E-state index contributed by atoms with van der Waals surface area (Å²) in [5.41, 5.74) is 1.97. The third kappa shape index (κ3) is 6.14. The van der Waals surface area contributed by atoms with E-state index in [0.29, 0.717) is 25.8 Å². The van der Waals surface area contributed by atoms with Crippen LogP contribution in [-0.4, -0.2) is 78.6 Å². The van der Waals surface area contributed by atoms with Crippen LogP contribution in [0.4, 0.5) is 0 Å². The highest BCUT2D eigenvalue weighted by Gasteiger charge is 2.34. The van der Waals surface area contributed by atoms with Gasteiger partial charge in [0, 0.05) is 25.2 Å². The Labute approximate surface area is 173 Å². The third-order valence-electron chi connectivity index (χ3n) is 5.26. The highest BCUT2D eigenvalue weighted by atomic mass is 32.2. The molecule has 2 aromatic rings. The van der Waals surface area contributed by atoms with Crippen LogP contribution in [0.1, 0.15) is 24.8 Å². The van der Waals surface area contributed by atoms with Crippen LogP contribution in [0.25, 0.3) is 5.69 Å². The molecule has 0 saturated carbocycles. The minimum atomic E-state index is -3.03. The molecule has 0 aliphatic carbocycles. The Morgan fingerprint density at radius 2 is 1.97 bits per heavy atom. The van der Waals surface area contributed by atoms with E-state index in [2.05, 4.69) is 10.00 Å². The Kier molecular flexibility index (Phi) is 7.08. The van der Waals surface area contributed by atoms with Crippen molar-refractivity contribution in [3.8, 4) is 5.69 Å². The number of carbonyl (C=O) groups excluding carboxylic acids is 1. The van der Waals surface area contributed by atoms with Gasteiger partial charge in [0.05, 0.1) is 23.4 Å². The van der Waals surface area contributed by atoms with Crippen LogP contribution in [0.2, 0.25) is 0 Å². The SMILES string of the molecule is CN(C)CCCN(C(=O)CCc1cnn(-c2ccccc2)c1)C1CCS(=O)(=O)C1. The van der Waals surface area contributed by atoms with Gasteiger partial charge in [-0.2, -0.15) is 5.10 Å². The average Bonchev–Trinajstić information content (AvgIpc) is 3.30. The largest absolute Gasteiger partial charge is 0.339 e. The van der Waals surface area contributed by atoms with Gasteiger partial charge in [0.15, 0.2) is 9.84 Å². The molecule has 0 N–H and O–H groups in total. The Bertz CT molecular complexity index is 909. The third-order valence-corrected chi connectivity index (χ3v) is 7.01. The maximum atomic E-state index is 13.0. The first-order valence-electron chi connectivity index (χ1n) is 10.1. The van der Waals surface area contributed by atoms with Gasteiger partial charge in [0.25, 0.3) is 0 Å². The topological polar surface area (TPSA) is 75.5 Å². The average molecular weight is 419 g/mol. The van der Waals surface area contributed by atoms with Crippen LogP contribution >= 0.6 is 0 Å². The first-order chi connectivity index (χ1) is 13.8. The van der Waals surface area contributed by atoms with Gasteiger partial charge in [-0.1, -0.05) is 18.2 Å². The number of hydrogen-bond acceptors (Lipinski definition) is 5. The number of rotatable bonds is 9. The fourth-order valence-corrected chi connectivity index (χ4v) is 5.43. The number of benzene rings is 1. The van der Waals surface area contributed by atoms with Crippen molar-refractivity contribution in [2.75, 3.05) is 38.7 Å². The Morgan fingerprint density at radius 3 is 2.62 bits per heavy atom. The van der Waals surface area contributed by atoms with Gasteiger partial charge in [-0.3, -0.25) is 4.79 Å². The van der Waals surface area contributed by atoms with Crippen LogP contribution < -0.4 is 0 Å². The van der Waals surface area contributed by atoms with Crippen molar-refractivity contribution in [3.05, 3.63) is 48.3 Å². The van der Waals surface area contributed by atoms with Crippen molar-refractivity contribution in [1.29, 1.82) is 0 Å². The van der Waals surface area contributed by atoms with Crippen molar-refractivity contribution in [3.63, 3.8) is 0 Å². The summed E-state index contributed by atoms with van der Waals surface area (Å²) in [6.07, 6.45) is 6.06. The smallest absolute Gasteiger partial charge is 0.223 e. The van der Waals surface area contributed by atoms with E-state index in [4.69, 9.17) is 0 Å². The summed E-state index contributed by atoms with van der Waals surface area (Å²) in [7, 11) is 0.966. The van der Waals surface area contributed by atoms with E-state index in [1.807, 2.05) is 50.6 Å². The molecule has 1 aliphatic heterocycles. The van der Waals surface area contributed by atoms with Gasteiger partial charge < -0.3 is 9.80 Å². The highest BCUT2D eigenvalue weighted by Crippen LogP contribution is 2.20. The van der Waals surface area contributed by atoms with E-state index in [1.54, 1.807) is 15.8 Å². The summed E-state index contributed by atoms with van der Waals surface area (Å²) in [5, 5.41) is 4.38. The highest BCUT2D eigenvalue weighted by molar-refractivity contribution is 7.91. The van der Waals surface area contributed by atoms with Gasteiger partial charge in [0.1, 0.15) is 0 Å². The molecule has 3 rings (SSSR count). The molecule has 0 bridgehead atoms. The molecule has 1 aromatic carbocycles. The zero-order valence-corrected chi connectivity index (χ0v) is 18.0. The summed E-state index contributed by atoms with van der Waals surface area (Å²) in [6, 6.07) is 9.65. The van der Waals surface area contributed by atoms with Crippen molar-refractivity contribution in [1.82, 2.24) is 19.6 Å². The van der Waals surface area contributed by atoms with Gasteiger partial charge >= 0.3 is 0 Å². The second-order valence-electron chi connectivity index (χ2n) is 7.93. The molecule has 1 unspecified atom stereocenters. The predicted octanol–water partition coefficient (Wildman–Crippen LogP) is 1.77. The number of nitrogens with zero attached hydrogens (tertiary/aromatic N) is 4. The first kappa shape index (κ1) is 21.5. The monoisotopic (exact) mass is 418 g/mol. The standard InChI is InChI=1S/C21H30N4O3S/c1-23(2)12-6-13-24(20-11-14-29(27,28)17-20)21(26)10-9-18-15-22-25(16-18)19-7-4-3-5-8-19/h3-5,7-8,15-16,20H,6,9-14,17H2,1-2H3. The molecule has 2 heterocycles. The Morgan fingerprint density at radius 1 is 1.21 bits per heavy atom. The van der Waals surface area contributed by atoms with Crippen LogP contribution in [0.3, 0.4) is 0 Å². The van der Waals surface area contributed by atoms with E-state index in [0.717, 1.165) is 24.2 Å². The number of amides is 1. The van der Waals surface area contributed by atoms with Crippen LogP contribution in [0.5, 0.6) is 0 Å². The molecule has 0 spiro atoms. The molecule has 1 aliphatic rings. The van der Waals surface area contributed by atoms with Crippen molar-refractivity contribution >= 4 is 15.7 Å². The van der Waals surface area contributed by atoms with Crippen LogP contribution in [-0.2, 0) is 21.1 Å². The number of hydrogen-bond donors (Lipinski definition) is 0. The number of aryl methyl sites for hydroxylation is 1. The number of aromatic nitrogens is 2. The number of para-hydroxylation sites is 1. The lowest BCUT2D eigenvalue weighted by Crippen LogP contribution is -2.42. The van der Waals surface area contributed by atoms with Crippen LogP contribution in [0.15, 0.2) is 42.7 Å². The summed E-state index contributed by atoms with van der Waals surface area (Å²) >= 11 is 0. The van der Waals surface area contributed by atoms with E-state index in [1.165, 1.54) is 0 Å².